The highest BCUT2D eigenvalue weighted by molar-refractivity contribution is 7.99. The molecule has 0 spiro atoms. The van der Waals surface area contributed by atoms with Gasteiger partial charge in [0.05, 0.1) is 12.1 Å². The van der Waals surface area contributed by atoms with Gasteiger partial charge >= 0.3 is 5.97 Å². The molecular weight excluding hydrogens is 476 g/mol. The molecule has 0 radical (unpaired) electrons. The van der Waals surface area contributed by atoms with Crippen molar-refractivity contribution in [1.82, 2.24) is 25.0 Å². The molecule has 0 aromatic carbocycles. The zero-order chi connectivity index (χ0) is 24.7. The number of thioether (sulfide) groups is 1. The molecule has 1 saturated carbocycles. The largest absolute Gasteiger partial charge is 0.479 e. The molecule has 0 bridgehead atoms. The molecule has 1 saturated heterocycles. The second-order valence-electron chi connectivity index (χ2n) is 8.14. The Balaban J connectivity index is 1.65. The molecule has 1 aliphatic heterocycles. The van der Waals surface area contributed by atoms with Crippen LogP contribution in [0.5, 0.6) is 0 Å². The third-order valence-corrected chi connectivity index (χ3v) is 6.83. The molecule has 2 fully saturated rings. The second kappa shape index (κ2) is 9.82. The Morgan fingerprint density at radius 2 is 1.91 bits per heavy atom. The van der Waals surface area contributed by atoms with Gasteiger partial charge in [-0.25, -0.2) is 19.4 Å². The molecule has 34 heavy (non-hydrogen) atoms. The summed E-state index contributed by atoms with van der Waals surface area (Å²) in [6, 6.07) is -0.878. The number of aliphatic hydroxyl groups excluding tert-OH is 5. The fraction of sp³-hybridized carbons (Fsp3) is 0.722. The molecule has 1 aliphatic carbocycles. The molecule has 0 amide bonds. The van der Waals surface area contributed by atoms with Crippen LogP contribution in [0.25, 0.3) is 11.2 Å². The fourth-order valence-electron chi connectivity index (χ4n) is 4.01. The van der Waals surface area contributed by atoms with E-state index in [1.165, 1.54) is 16.4 Å². The molecular formula is C18H26N6O9S. The summed E-state index contributed by atoms with van der Waals surface area (Å²) in [5, 5.41) is 68.8. The maximum atomic E-state index is 11.4. The average molecular weight is 503 g/mol. The predicted octanol–water partition coefficient (Wildman–Crippen LogP) is -2.75. The van der Waals surface area contributed by atoms with Gasteiger partial charge in [-0.15, -0.1) is 5.10 Å². The van der Waals surface area contributed by atoms with Gasteiger partial charge in [0.15, 0.2) is 34.5 Å². The highest BCUT2D eigenvalue weighted by Crippen LogP contribution is 2.37. The van der Waals surface area contributed by atoms with E-state index in [1.807, 2.05) is 6.92 Å². The number of hydrogen-bond donors (Lipinski definition) is 7. The van der Waals surface area contributed by atoms with Crippen LogP contribution in [-0.2, 0) is 14.3 Å². The lowest BCUT2D eigenvalue weighted by molar-refractivity contribution is -0.311. The molecule has 8 N–H and O–H groups in total. The summed E-state index contributed by atoms with van der Waals surface area (Å²) in [6.07, 6.45) is -12.5. The lowest BCUT2D eigenvalue weighted by Crippen LogP contribution is -2.61. The number of aliphatic carboxylic acids is 1. The Bertz CT molecular complexity index is 1040. The van der Waals surface area contributed by atoms with Crippen LogP contribution in [0.1, 0.15) is 25.8 Å². The van der Waals surface area contributed by atoms with E-state index < -0.39 is 61.0 Å². The van der Waals surface area contributed by atoms with Gasteiger partial charge in [-0.05, 0) is 6.42 Å². The topological polar surface area (TPSA) is 239 Å². The van der Waals surface area contributed by atoms with Gasteiger partial charge in [0.1, 0.15) is 30.5 Å². The summed E-state index contributed by atoms with van der Waals surface area (Å²) >= 11 is 1.38. The van der Waals surface area contributed by atoms with E-state index in [0.29, 0.717) is 5.16 Å². The van der Waals surface area contributed by atoms with Crippen LogP contribution in [0.15, 0.2) is 5.16 Å². The summed E-state index contributed by atoms with van der Waals surface area (Å²) in [5.41, 5.74) is 6.43. The number of aromatic nitrogens is 5. The summed E-state index contributed by atoms with van der Waals surface area (Å²) in [7, 11) is 0. The van der Waals surface area contributed by atoms with E-state index >= 15 is 0 Å². The Hall–Kier alpha value is -2.18. The van der Waals surface area contributed by atoms with Crippen LogP contribution >= 0.6 is 11.8 Å². The molecule has 3 heterocycles. The third-order valence-electron chi connectivity index (χ3n) is 5.78. The van der Waals surface area contributed by atoms with Crippen molar-refractivity contribution in [2.75, 3.05) is 11.5 Å². The number of fused-ring (bicyclic) bond motifs is 1. The molecule has 4 rings (SSSR count). The lowest BCUT2D eigenvalue weighted by Gasteiger charge is -2.40. The van der Waals surface area contributed by atoms with Gasteiger partial charge in [-0.3, -0.25) is 0 Å². The first-order valence-electron chi connectivity index (χ1n) is 10.6. The number of carboxylic acids is 1. The number of rotatable bonds is 7. The molecule has 15 nitrogen and oxygen atoms in total. The predicted molar refractivity (Wildman–Crippen MR) is 113 cm³/mol. The summed E-state index contributed by atoms with van der Waals surface area (Å²) in [6.45, 7) is 2.00. The van der Waals surface area contributed by atoms with Gasteiger partial charge in [0.25, 0.3) is 0 Å². The number of hydrogen-bond acceptors (Lipinski definition) is 14. The monoisotopic (exact) mass is 502 g/mol. The van der Waals surface area contributed by atoms with Gasteiger partial charge in [0, 0.05) is 12.2 Å². The van der Waals surface area contributed by atoms with Crippen LogP contribution in [0.3, 0.4) is 0 Å². The molecule has 16 heteroatoms. The van der Waals surface area contributed by atoms with Gasteiger partial charge in [0.2, 0.25) is 0 Å². The summed E-state index contributed by atoms with van der Waals surface area (Å²) < 4.78 is 12.1. The van der Waals surface area contributed by atoms with Gasteiger partial charge < -0.3 is 45.8 Å². The Labute approximate surface area is 196 Å². The van der Waals surface area contributed by atoms with Crippen molar-refractivity contribution in [1.29, 1.82) is 0 Å². The highest BCUT2D eigenvalue weighted by atomic mass is 32.2. The van der Waals surface area contributed by atoms with Crippen LogP contribution < -0.4 is 5.73 Å². The van der Waals surface area contributed by atoms with Crippen molar-refractivity contribution in [3.05, 3.63) is 0 Å². The average Bonchev–Trinajstić information content (AvgIpc) is 3.34. The third kappa shape index (κ3) is 4.42. The van der Waals surface area contributed by atoms with Crippen molar-refractivity contribution in [3.63, 3.8) is 0 Å². The van der Waals surface area contributed by atoms with E-state index in [0.717, 1.165) is 12.2 Å². The maximum absolute atomic E-state index is 11.4. The zero-order valence-electron chi connectivity index (χ0n) is 17.9. The van der Waals surface area contributed by atoms with E-state index in [2.05, 4.69) is 20.3 Å². The maximum Gasteiger partial charge on any atom is 0.335 e. The van der Waals surface area contributed by atoms with Crippen LogP contribution in [0, 0.1) is 0 Å². The minimum Gasteiger partial charge on any atom is -0.479 e. The van der Waals surface area contributed by atoms with E-state index in [-0.39, 0.29) is 23.4 Å². The van der Waals surface area contributed by atoms with Crippen molar-refractivity contribution in [2.24, 2.45) is 0 Å². The molecule has 2 aliphatic rings. The minimum atomic E-state index is -1.90. The quantitative estimate of drug-likeness (QED) is 0.150. The first kappa shape index (κ1) is 24.9. The second-order valence-corrected chi connectivity index (χ2v) is 9.20. The lowest BCUT2D eigenvalue weighted by atomic mass is 9.99. The van der Waals surface area contributed by atoms with E-state index in [1.54, 1.807) is 0 Å². The first-order chi connectivity index (χ1) is 16.1. The SMILES string of the molecule is CCCSc1nc(N)c2nnn([C@@H]3C[C@H](O)[C@@H](O)[C@H]3OC3OC(C(=O)O)C(O)C(O)C3O)c2n1. The number of nitrogens with zero attached hydrogens (tertiary/aromatic N) is 5. The van der Waals surface area contributed by atoms with Crippen molar-refractivity contribution in [2.45, 2.75) is 80.0 Å². The first-order valence-corrected chi connectivity index (χ1v) is 11.6. The van der Waals surface area contributed by atoms with E-state index in [9.17, 15) is 35.4 Å². The zero-order valence-corrected chi connectivity index (χ0v) is 18.8. The molecule has 188 valence electrons. The van der Waals surface area contributed by atoms with Gasteiger partial charge in [-0.1, -0.05) is 23.9 Å². The minimum absolute atomic E-state index is 0.0536. The van der Waals surface area contributed by atoms with Crippen LogP contribution in [-0.4, -0.2) is 116 Å². The van der Waals surface area contributed by atoms with Crippen LogP contribution in [0.4, 0.5) is 5.82 Å². The van der Waals surface area contributed by atoms with Crippen molar-refractivity contribution < 1.29 is 44.9 Å². The number of anilines is 1. The number of nitrogen functional groups attached to an aromatic ring is 1. The van der Waals surface area contributed by atoms with Crippen molar-refractivity contribution >= 4 is 34.7 Å². The summed E-state index contributed by atoms with van der Waals surface area (Å²) in [4.78, 5) is 20.0. The Morgan fingerprint density at radius 1 is 1.18 bits per heavy atom. The highest BCUT2D eigenvalue weighted by Gasteiger charge is 2.52. The smallest absolute Gasteiger partial charge is 0.335 e. The number of aliphatic hydroxyl groups is 5. The Morgan fingerprint density at radius 3 is 2.59 bits per heavy atom. The number of ether oxygens (including phenoxy) is 2. The Kier molecular flexibility index (Phi) is 7.20. The van der Waals surface area contributed by atoms with E-state index in [4.69, 9.17) is 15.2 Å². The van der Waals surface area contributed by atoms with Crippen molar-refractivity contribution in [3.8, 4) is 0 Å². The molecule has 2 aromatic rings. The standard InChI is InChI=1S/C18H26N6O9S/c1-2-3-34-18-20-14(19)7-15(21-18)24(23-22-7)5-4-6(25)8(26)12(5)32-17-11(29)9(27)10(28)13(33-17)16(30)31/h5-6,8-13,17,25-29H,2-4H2,1H3,(H,30,31)(H2,19,20,21)/t5-,6+,8-,9?,10?,11?,12+,13?,17?/m1/s1. The molecule has 5 unspecified atom stereocenters. The fourth-order valence-corrected chi connectivity index (χ4v) is 4.71. The number of nitrogens with two attached hydrogens (primary N) is 1. The number of carbonyl (C=O) groups is 1. The summed E-state index contributed by atoms with van der Waals surface area (Å²) in [5.74, 6) is -0.740. The molecule has 9 atom stereocenters. The molecule has 2 aromatic heterocycles. The van der Waals surface area contributed by atoms with Gasteiger partial charge in [-0.2, -0.15) is 0 Å². The number of carboxylic acid groups (broad SMARTS) is 1. The normalized spacial score (nSPS) is 36.2. The van der Waals surface area contributed by atoms with Crippen LogP contribution in [0.2, 0.25) is 0 Å².